The van der Waals surface area contributed by atoms with Gasteiger partial charge in [-0.1, -0.05) is 6.07 Å². The summed E-state index contributed by atoms with van der Waals surface area (Å²) in [6.45, 7) is -2.39. The minimum Gasteiger partial charge on any atom is -0.508 e. The fraction of sp³-hybridized carbons (Fsp3) is 0.435. The largest absolute Gasteiger partial charge is 0.510 e. The Balaban J connectivity index is 1.18. The number of carbonyl (C=O) groups is 2. The molecule has 3 saturated heterocycles. The monoisotopic (exact) mass is 1020 g/mol. The number of esters is 2. The van der Waals surface area contributed by atoms with E-state index in [1.807, 2.05) is 0 Å². The van der Waals surface area contributed by atoms with Crippen LogP contribution in [0.4, 0.5) is 0 Å². The van der Waals surface area contributed by atoms with Crippen molar-refractivity contribution >= 4 is 24.0 Å². The lowest BCUT2D eigenvalue weighted by atomic mass is 9.97. The third-order valence-electron chi connectivity index (χ3n) is 11.6. The van der Waals surface area contributed by atoms with Crippen LogP contribution in [0.3, 0.4) is 0 Å². The predicted molar refractivity (Wildman–Crippen MR) is 236 cm³/mol. The van der Waals surface area contributed by atoms with Gasteiger partial charge in [0.05, 0.1) is 25.4 Å². The lowest BCUT2D eigenvalue weighted by Gasteiger charge is -2.45. The van der Waals surface area contributed by atoms with Crippen molar-refractivity contribution in [2.75, 3.05) is 26.9 Å². The molecule has 0 radical (unpaired) electrons. The van der Waals surface area contributed by atoms with Gasteiger partial charge in [0, 0.05) is 17.7 Å². The molecule has 0 bridgehead atoms. The molecule has 3 fully saturated rings. The van der Waals surface area contributed by atoms with Gasteiger partial charge in [-0.15, -0.1) is 0 Å². The molecule has 0 unspecified atom stereocenters. The van der Waals surface area contributed by atoms with Gasteiger partial charge >= 0.3 is 17.9 Å². The second-order valence-corrected chi connectivity index (χ2v) is 16.6. The maximum absolute atomic E-state index is 13.1. The van der Waals surface area contributed by atoms with Gasteiger partial charge in [0.1, 0.15) is 97.4 Å². The van der Waals surface area contributed by atoms with Gasteiger partial charge in [-0.2, -0.15) is 0 Å². The number of fused-ring (bicyclic) bond motifs is 1. The van der Waals surface area contributed by atoms with Crippen molar-refractivity contribution < 1.29 is 123 Å². The Morgan fingerprint density at radius 1 is 0.681 bits per heavy atom. The Morgan fingerprint density at radius 2 is 1.29 bits per heavy atom. The molecular formula is C46H51O26+. The molecule has 4 aliphatic heterocycles. The molecule has 5 aliphatic rings. The molecule has 13 N–H and O–H groups in total. The van der Waals surface area contributed by atoms with Gasteiger partial charge in [-0.3, -0.25) is 14.4 Å². The molecule has 0 aromatic heterocycles. The van der Waals surface area contributed by atoms with E-state index in [9.17, 15) is 75.3 Å². The van der Waals surface area contributed by atoms with Crippen LogP contribution in [0.15, 0.2) is 76.0 Å². The summed E-state index contributed by atoms with van der Waals surface area (Å²) in [5, 5.41) is 126. The molecule has 72 heavy (non-hydrogen) atoms. The standard InChI is InChI=1S/C46H50O26/c1-63-26-10-18(2-8-23(26)50)3-9-32(53)64-16-29-35(56)38(59)41(62)45(71-29)72-43-39(60)34(55)28(15-47)69-46(43)68-27-13-22-24(66-42(27)19-4-6-20(48)7-5-19)11-21(49)12-25(22)67-44-40(61)37(58)36(57)30(70-44)17-65-33(54)14-31(51)52/h2-13,28-30,34-41,43-48,50,55-62H,14-17H2,1H3,(H,51,52)/p+1/t28-,29-,30-,34-,35-,36-,37+,38+,39+,40-,41-,43-,44-,45+,46+/m1/s1. The summed E-state index contributed by atoms with van der Waals surface area (Å²) >= 11 is 0. The number of methoxy groups -OCH3 is 1. The van der Waals surface area contributed by atoms with E-state index in [1.54, 1.807) is 0 Å². The number of aliphatic hydroxyl groups is 9. The predicted octanol–water partition coefficient (Wildman–Crippen LogP) is -2.72. The summed E-state index contributed by atoms with van der Waals surface area (Å²) in [5.41, 5.74) is -0.239. The van der Waals surface area contributed by atoms with Crippen molar-refractivity contribution in [3.63, 3.8) is 0 Å². The summed E-state index contributed by atoms with van der Waals surface area (Å²) in [5.74, 6) is -4.81. The first-order chi connectivity index (χ1) is 34.3. The SMILES string of the molecule is COc1cc(C=CC(=[OH+])OC[C@H]2O[C@@H](O[C@H]3[C@@H](Oc4cc5c(O[C@@H]6O[C@H](COC(=O)CC(=O)O)[C@@H](O)[C@H](O)[C@H]6O)cc(=O)cc-5oc4-c4ccc(O)cc4)O[C@H](CO)[C@@H](O)[C@@H]3O)[C@H](O)[C@@H](O)[C@@H]2O)ccc1O. The molecule has 15 atom stereocenters. The number of hydrogen-bond acceptors (Lipinski definition) is 24. The minimum atomic E-state index is -2.07. The number of phenolic OH excluding ortho intramolecular Hbond substituents is 2. The summed E-state index contributed by atoms with van der Waals surface area (Å²) in [4.78, 5) is 46.4. The Hall–Kier alpha value is -6.50. The first kappa shape index (κ1) is 53.3. The molecule has 2 aromatic rings. The number of benzene rings is 3. The average Bonchev–Trinajstić information content (AvgIpc) is 3.35. The first-order valence-corrected chi connectivity index (χ1v) is 21.8. The summed E-state index contributed by atoms with van der Waals surface area (Å²) in [7, 11) is 1.34. The molecule has 26 nitrogen and oxygen atoms in total. The van der Waals surface area contributed by atoms with Crippen LogP contribution in [-0.2, 0) is 38.0 Å². The Kier molecular flexibility index (Phi) is 17.0. The Bertz CT molecular complexity index is 2580. The number of carboxylic acid groups (broad SMARTS) is 1. The van der Waals surface area contributed by atoms with Crippen molar-refractivity contribution in [2.24, 2.45) is 0 Å². The molecule has 1 aliphatic carbocycles. The van der Waals surface area contributed by atoms with E-state index in [1.165, 1.54) is 61.7 Å². The lowest BCUT2D eigenvalue weighted by molar-refractivity contribution is -0.357. The van der Waals surface area contributed by atoms with Crippen molar-refractivity contribution in [1.82, 2.24) is 0 Å². The zero-order valence-electron chi connectivity index (χ0n) is 37.5. The second kappa shape index (κ2) is 22.9. The maximum Gasteiger partial charge on any atom is 0.510 e. The first-order valence-electron chi connectivity index (χ1n) is 21.8. The summed E-state index contributed by atoms with van der Waals surface area (Å²) in [6, 6.07) is 12.7. The molecule has 0 amide bonds. The quantitative estimate of drug-likeness (QED) is 0.0221. The highest BCUT2D eigenvalue weighted by Crippen LogP contribution is 2.43. The number of carbonyl (C=O) groups excluding carboxylic acids is 2. The fourth-order valence-corrected chi connectivity index (χ4v) is 7.71. The Labute approximate surface area is 405 Å². The maximum atomic E-state index is 13.1. The molecule has 2 aromatic carbocycles. The molecule has 0 saturated carbocycles. The van der Waals surface area contributed by atoms with E-state index in [0.717, 1.165) is 18.2 Å². The lowest BCUT2D eigenvalue weighted by Crippen LogP contribution is -2.65. The van der Waals surface area contributed by atoms with Crippen LogP contribution in [-0.4, -0.2) is 203 Å². The van der Waals surface area contributed by atoms with Crippen molar-refractivity contribution in [3.05, 3.63) is 82.5 Å². The van der Waals surface area contributed by atoms with Crippen molar-refractivity contribution in [3.8, 4) is 51.4 Å². The number of phenols is 2. The van der Waals surface area contributed by atoms with Gasteiger partial charge in [-0.25, -0.2) is 0 Å². The Morgan fingerprint density at radius 3 is 1.94 bits per heavy atom. The third kappa shape index (κ3) is 12.0. The van der Waals surface area contributed by atoms with Crippen LogP contribution in [0.2, 0.25) is 0 Å². The van der Waals surface area contributed by atoms with Crippen LogP contribution in [0.1, 0.15) is 12.0 Å². The molecule has 4 heterocycles. The number of aromatic hydroxyl groups is 2. The van der Waals surface area contributed by atoms with Crippen LogP contribution in [0, 0.1) is 0 Å². The normalized spacial score (nSPS) is 30.7. The van der Waals surface area contributed by atoms with Gasteiger partial charge in [0.15, 0.2) is 40.8 Å². The number of carboxylic acids is 1. The molecule has 26 heteroatoms. The number of hydrogen-bond donors (Lipinski definition) is 12. The van der Waals surface area contributed by atoms with Gasteiger partial charge in [0.2, 0.25) is 19.2 Å². The smallest absolute Gasteiger partial charge is 0.508 e. The summed E-state index contributed by atoms with van der Waals surface area (Å²) in [6.07, 6.45) is -26.9. The van der Waals surface area contributed by atoms with Crippen LogP contribution in [0.25, 0.3) is 28.7 Å². The van der Waals surface area contributed by atoms with E-state index in [4.69, 9.17) is 52.2 Å². The van der Waals surface area contributed by atoms with E-state index >= 15 is 0 Å². The van der Waals surface area contributed by atoms with E-state index in [0.29, 0.717) is 5.56 Å². The highest BCUT2D eigenvalue weighted by molar-refractivity contribution is 5.90. The van der Waals surface area contributed by atoms with E-state index < -0.39 is 147 Å². The molecular weight excluding hydrogens is 968 g/mol. The zero-order chi connectivity index (χ0) is 52.1. The second-order valence-electron chi connectivity index (χ2n) is 16.6. The average molecular weight is 1020 g/mol. The van der Waals surface area contributed by atoms with E-state index in [-0.39, 0.29) is 45.6 Å². The number of rotatable bonds is 17. The van der Waals surface area contributed by atoms with Crippen LogP contribution >= 0.6 is 0 Å². The van der Waals surface area contributed by atoms with Crippen molar-refractivity contribution in [2.45, 2.75) is 98.5 Å². The summed E-state index contributed by atoms with van der Waals surface area (Å²) < 4.78 is 56.7. The molecule has 390 valence electrons. The highest BCUT2D eigenvalue weighted by atomic mass is 16.8. The fourth-order valence-electron chi connectivity index (χ4n) is 7.71. The van der Waals surface area contributed by atoms with E-state index in [2.05, 4.69) is 0 Å². The molecule has 7 rings (SSSR count). The minimum absolute atomic E-state index is 0.132. The number of ether oxygens (including phenoxy) is 9. The number of aliphatic carboxylic acids is 1. The van der Waals surface area contributed by atoms with Gasteiger partial charge < -0.3 is 113 Å². The third-order valence-corrected chi connectivity index (χ3v) is 11.6. The van der Waals surface area contributed by atoms with Crippen LogP contribution < -0.4 is 19.6 Å². The zero-order valence-corrected chi connectivity index (χ0v) is 37.5. The highest BCUT2D eigenvalue weighted by Gasteiger charge is 2.53. The van der Waals surface area contributed by atoms with Gasteiger partial charge in [0.25, 0.3) is 0 Å². The molecule has 0 spiro atoms. The number of aliphatic hydroxyl groups excluding tert-OH is 9. The van der Waals surface area contributed by atoms with Crippen LogP contribution in [0.5, 0.6) is 28.7 Å². The topological polar surface area (TPSA) is 412 Å². The van der Waals surface area contributed by atoms with Crippen molar-refractivity contribution in [1.29, 1.82) is 0 Å². The van der Waals surface area contributed by atoms with Gasteiger partial charge in [-0.05, 0) is 54.1 Å².